The van der Waals surface area contributed by atoms with Crippen LogP contribution in [0.15, 0.2) is 40.9 Å². The number of aromatic carboxylic acids is 1. The van der Waals surface area contributed by atoms with Crippen molar-refractivity contribution in [3.05, 3.63) is 63.3 Å². The summed E-state index contributed by atoms with van der Waals surface area (Å²) in [5.74, 6) is -3.18. The Bertz CT molecular complexity index is 1270. The first kappa shape index (κ1) is 24.0. The smallest absolute Gasteiger partial charge is 0.352 e. The molecule has 9 heteroatoms. The van der Waals surface area contributed by atoms with Gasteiger partial charge in [0.25, 0.3) is 0 Å². The fourth-order valence-electron chi connectivity index (χ4n) is 4.97. The van der Waals surface area contributed by atoms with Crippen LogP contribution in [0.4, 0.5) is 5.69 Å². The van der Waals surface area contributed by atoms with Crippen molar-refractivity contribution in [2.75, 3.05) is 11.9 Å². The standard InChI is InChI=1S/C25H26BrN3O5/c26-15-10-14-8-9-16(22-21(14)19(11-15)28-23(22)25(33)34)17(12-27)24(32)29-18-6-2-1-4-13(18)5-3-7-20(30)31/h1-2,4,6,10-11,16-17,28H,3,5,7-9,12,27H2,(H,29,32)(H,30,31)(H,33,34). The van der Waals surface area contributed by atoms with E-state index in [2.05, 4.69) is 26.2 Å². The third-order valence-corrected chi connectivity index (χ3v) is 6.94. The average Bonchev–Trinajstić information content (AvgIpc) is 3.17. The zero-order valence-electron chi connectivity index (χ0n) is 18.4. The first-order valence-corrected chi connectivity index (χ1v) is 12.0. The van der Waals surface area contributed by atoms with Crippen molar-refractivity contribution in [1.29, 1.82) is 0 Å². The van der Waals surface area contributed by atoms with Gasteiger partial charge < -0.3 is 26.2 Å². The second kappa shape index (κ2) is 9.99. The van der Waals surface area contributed by atoms with E-state index in [0.29, 0.717) is 36.9 Å². The highest BCUT2D eigenvalue weighted by Gasteiger charge is 2.37. The lowest BCUT2D eigenvalue weighted by Gasteiger charge is -2.30. The van der Waals surface area contributed by atoms with Gasteiger partial charge >= 0.3 is 11.9 Å². The second-order valence-electron chi connectivity index (χ2n) is 8.59. The van der Waals surface area contributed by atoms with Gasteiger partial charge in [-0.1, -0.05) is 34.1 Å². The molecule has 0 radical (unpaired) electrons. The third kappa shape index (κ3) is 4.71. The number of nitrogens with one attached hydrogen (secondary N) is 2. The first-order valence-electron chi connectivity index (χ1n) is 11.2. The summed E-state index contributed by atoms with van der Waals surface area (Å²) in [4.78, 5) is 39.4. The van der Waals surface area contributed by atoms with Crippen LogP contribution in [0.2, 0.25) is 0 Å². The van der Waals surface area contributed by atoms with Gasteiger partial charge in [0.2, 0.25) is 5.91 Å². The van der Waals surface area contributed by atoms with E-state index in [1.807, 2.05) is 24.3 Å². The van der Waals surface area contributed by atoms with Gasteiger partial charge in [-0.3, -0.25) is 9.59 Å². The van der Waals surface area contributed by atoms with Crippen LogP contribution in [0.25, 0.3) is 10.9 Å². The van der Waals surface area contributed by atoms with Gasteiger partial charge in [0.1, 0.15) is 5.69 Å². The van der Waals surface area contributed by atoms with E-state index < -0.39 is 17.9 Å². The molecule has 0 fully saturated rings. The molecule has 34 heavy (non-hydrogen) atoms. The molecule has 1 heterocycles. The molecule has 1 amide bonds. The van der Waals surface area contributed by atoms with Crippen LogP contribution in [0, 0.1) is 5.92 Å². The molecule has 178 valence electrons. The number of nitrogens with two attached hydrogens (primary N) is 1. The molecule has 4 rings (SSSR count). The summed E-state index contributed by atoms with van der Waals surface area (Å²) in [6.45, 7) is 0.0648. The number of halogens is 1. The van der Waals surface area contributed by atoms with Crippen molar-refractivity contribution in [1.82, 2.24) is 4.98 Å². The van der Waals surface area contributed by atoms with E-state index in [0.717, 1.165) is 26.5 Å². The lowest BCUT2D eigenvalue weighted by atomic mass is 9.75. The number of hydrogen-bond donors (Lipinski definition) is 5. The van der Waals surface area contributed by atoms with Crippen molar-refractivity contribution in [3.63, 3.8) is 0 Å². The first-order chi connectivity index (χ1) is 16.3. The Hall–Kier alpha value is -3.17. The van der Waals surface area contributed by atoms with Crippen LogP contribution in [0.3, 0.4) is 0 Å². The number of benzene rings is 2. The Morgan fingerprint density at radius 2 is 1.97 bits per heavy atom. The number of anilines is 1. The van der Waals surface area contributed by atoms with Crippen molar-refractivity contribution in [3.8, 4) is 0 Å². The molecule has 2 atom stereocenters. The van der Waals surface area contributed by atoms with Crippen LogP contribution >= 0.6 is 15.9 Å². The molecule has 2 aromatic carbocycles. The summed E-state index contributed by atoms with van der Waals surface area (Å²) in [5, 5.41) is 22.6. The minimum absolute atomic E-state index is 0.0484. The lowest BCUT2D eigenvalue weighted by Crippen LogP contribution is -2.36. The Labute approximate surface area is 204 Å². The van der Waals surface area contributed by atoms with E-state index in [4.69, 9.17) is 10.8 Å². The summed E-state index contributed by atoms with van der Waals surface area (Å²) in [6, 6.07) is 11.1. The van der Waals surface area contributed by atoms with Crippen LogP contribution < -0.4 is 11.1 Å². The summed E-state index contributed by atoms with van der Waals surface area (Å²) in [7, 11) is 0. The van der Waals surface area contributed by atoms with Crippen LogP contribution in [-0.4, -0.2) is 39.6 Å². The number of rotatable bonds is 9. The molecule has 2 unspecified atom stereocenters. The van der Waals surface area contributed by atoms with Crippen molar-refractivity contribution in [2.24, 2.45) is 11.7 Å². The third-order valence-electron chi connectivity index (χ3n) is 6.48. The zero-order valence-corrected chi connectivity index (χ0v) is 20.0. The second-order valence-corrected chi connectivity index (χ2v) is 9.50. The van der Waals surface area contributed by atoms with E-state index in [1.54, 1.807) is 12.1 Å². The number of hydrogen-bond acceptors (Lipinski definition) is 4. The molecule has 6 N–H and O–H groups in total. The van der Waals surface area contributed by atoms with Crippen LogP contribution in [0.1, 0.15) is 52.4 Å². The number of H-pyrrole nitrogens is 1. The monoisotopic (exact) mass is 527 g/mol. The van der Waals surface area contributed by atoms with Crippen molar-refractivity contribution in [2.45, 2.75) is 38.0 Å². The number of aromatic nitrogens is 1. The average molecular weight is 528 g/mol. The molecule has 0 saturated heterocycles. The quantitative estimate of drug-likeness (QED) is 0.280. The maximum absolute atomic E-state index is 13.4. The number of carbonyl (C=O) groups excluding carboxylic acids is 1. The SMILES string of the molecule is NCC(C(=O)Nc1ccccc1CCCC(=O)O)C1CCc2cc(Br)cc3[nH]c(C(=O)O)c1c23. The fraction of sp³-hybridized carbons (Fsp3) is 0.320. The highest BCUT2D eigenvalue weighted by molar-refractivity contribution is 9.10. The van der Waals surface area contributed by atoms with Gasteiger partial charge in [0.15, 0.2) is 0 Å². The largest absolute Gasteiger partial charge is 0.481 e. The summed E-state index contributed by atoms with van der Waals surface area (Å²) in [6.07, 6.45) is 2.34. The van der Waals surface area contributed by atoms with Crippen molar-refractivity contribution >= 4 is 50.4 Å². The molecular weight excluding hydrogens is 502 g/mol. The topological polar surface area (TPSA) is 146 Å². The highest BCUT2D eigenvalue weighted by Crippen LogP contribution is 2.44. The van der Waals surface area contributed by atoms with E-state index in [9.17, 15) is 19.5 Å². The van der Waals surface area contributed by atoms with Gasteiger partial charge in [-0.2, -0.15) is 0 Å². The number of aliphatic carboxylic acids is 1. The van der Waals surface area contributed by atoms with E-state index in [-0.39, 0.29) is 30.5 Å². The number of amides is 1. The van der Waals surface area contributed by atoms with Gasteiger partial charge in [-0.15, -0.1) is 0 Å². The van der Waals surface area contributed by atoms with E-state index >= 15 is 0 Å². The number of carboxylic acid groups (broad SMARTS) is 2. The molecule has 0 aliphatic heterocycles. The number of carboxylic acids is 2. The normalized spacial score (nSPS) is 15.8. The number of para-hydroxylation sites is 1. The van der Waals surface area contributed by atoms with Crippen molar-refractivity contribution < 1.29 is 24.6 Å². The molecule has 3 aromatic rings. The minimum Gasteiger partial charge on any atom is -0.481 e. The minimum atomic E-state index is -1.07. The fourth-order valence-corrected chi connectivity index (χ4v) is 5.48. The Morgan fingerprint density at radius 1 is 1.21 bits per heavy atom. The Balaban J connectivity index is 1.65. The molecule has 8 nitrogen and oxygen atoms in total. The van der Waals surface area contributed by atoms with Gasteiger partial charge in [-0.25, -0.2) is 4.79 Å². The predicted octanol–water partition coefficient (Wildman–Crippen LogP) is 4.28. The van der Waals surface area contributed by atoms with Gasteiger partial charge in [0, 0.05) is 39.9 Å². The zero-order chi connectivity index (χ0) is 24.4. The Morgan fingerprint density at radius 3 is 2.68 bits per heavy atom. The van der Waals surface area contributed by atoms with Crippen LogP contribution in [0.5, 0.6) is 0 Å². The van der Waals surface area contributed by atoms with Gasteiger partial charge in [-0.05, 0) is 60.6 Å². The lowest BCUT2D eigenvalue weighted by molar-refractivity contribution is -0.137. The molecule has 1 aliphatic carbocycles. The van der Waals surface area contributed by atoms with E-state index in [1.165, 1.54) is 0 Å². The summed E-state index contributed by atoms with van der Waals surface area (Å²) in [5.41, 5.74) is 10.1. The summed E-state index contributed by atoms with van der Waals surface area (Å²) < 4.78 is 0.866. The number of aromatic amines is 1. The molecule has 0 spiro atoms. The molecular formula is C25H26BrN3O5. The summed E-state index contributed by atoms with van der Waals surface area (Å²) >= 11 is 3.49. The maximum atomic E-state index is 13.4. The number of aryl methyl sites for hydroxylation is 2. The molecule has 0 bridgehead atoms. The van der Waals surface area contributed by atoms with Gasteiger partial charge in [0.05, 0.1) is 5.92 Å². The number of carbonyl (C=O) groups is 3. The van der Waals surface area contributed by atoms with Crippen LogP contribution in [-0.2, 0) is 22.4 Å². The molecule has 1 aliphatic rings. The predicted molar refractivity (Wildman–Crippen MR) is 132 cm³/mol. The highest BCUT2D eigenvalue weighted by atomic mass is 79.9. The maximum Gasteiger partial charge on any atom is 0.352 e. The Kier molecular flexibility index (Phi) is 7.04. The molecule has 1 aromatic heterocycles. The molecule has 0 saturated carbocycles.